The Hall–Kier alpha value is -3.23. The van der Waals surface area contributed by atoms with Gasteiger partial charge in [0.15, 0.2) is 46.5 Å². The van der Waals surface area contributed by atoms with E-state index < -0.39 is 85.0 Å². The minimum atomic E-state index is -2.17. The second-order valence-corrected chi connectivity index (χ2v) is 6.02. The predicted molar refractivity (Wildman–Crippen MR) is 85.3 cm³/mol. The number of rotatable bonds is 1. The molecule has 4 aromatic rings. The molecule has 0 saturated heterocycles. The second kappa shape index (κ2) is 6.40. The highest BCUT2D eigenvalue weighted by molar-refractivity contribution is 6.00. The first-order chi connectivity index (χ1) is 13.6. The Morgan fingerprint density at radius 1 is 0.586 bits per heavy atom. The van der Waals surface area contributed by atoms with Gasteiger partial charge in [-0.3, -0.25) is 0 Å². The van der Waals surface area contributed by atoms with Crippen LogP contribution in [-0.2, 0) is 0 Å². The van der Waals surface area contributed by atoms with E-state index in [0.717, 1.165) is 18.2 Å². The van der Waals surface area contributed by atoms with Crippen LogP contribution in [0.5, 0.6) is 0 Å². The molecular weight excluding hydrogens is 411 g/mol. The lowest BCUT2D eigenvalue weighted by molar-refractivity contribution is 0.446. The Bertz CT molecular complexity index is 1340. The minimum absolute atomic E-state index is 0.472. The molecule has 0 nitrogen and oxygen atoms in total. The molecule has 147 valence electrons. The van der Waals surface area contributed by atoms with Gasteiger partial charge in [0.2, 0.25) is 0 Å². The molecule has 0 saturated carbocycles. The Morgan fingerprint density at radius 3 is 1.90 bits per heavy atom. The van der Waals surface area contributed by atoms with Gasteiger partial charge in [0, 0.05) is 17.2 Å². The first kappa shape index (κ1) is 19.1. The summed E-state index contributed by atoms with van der Waals surface area (Å²) < 4.78 is 126. The summed E-state index contributed by atoms with van der Waals surface area (Å²) in [4.78, 5) is 0. The van der Waals surface area contributed by atoms with Gasteiger partial charge >= 0.3 is 0 Å². The molecule has 0 aliphatic heterocycles. The maximum Gasteiger partial charge on any atom is 0.195 e. The summed E-state index contributed by atoms with van der Waals surface area (Å²) in [7, 11) is 0. The molecule has 0 atom stereocenters. The third-order valence-electron chi connectivity index (χ3n) is 4.43. The van der Waals surface area contributed by atoms with Crippen molar-refractivity contribution in [2.45, 2.75) is 0 Å². The van der Waals surface area contributed by atoms with Gasteiger partial charge in [0.1, 0.15) is 5.82 Å². The predicted octanol–water partition coefficient (Wildman–Crippen LogP) is 6.71. The Morgan fingerprint density at radius 2 is 1.21 bits per heavy atom. The number of hydrogen-bond donors (Lipinski definition) is 0. The van der Waals surface area contributed by atoms with Gasteiger partial charge in [-0.2, -0.15) is 0 Å². The Labute approximate surface area is 155 Å². The molecule has 4 rings (SSSR count). The summed E-state index contributed by atoms with van der Waals surface area (Å²) in [5, 5.41) is -3.86. The number of fused-ring (bicyclic) bond motifs is 2. The molecule has 29 heavy (non-hydrogen) atoms. The van der Waals surface area contributed by atoms with Crippen molar-refractivity contribution in [3.05, 3.63) is 82.7 Å². The van der Waals surface area contributed by atoms with Crippen LogP contribution in [0.3, 0.4) is 0 Å². The molecule has 0 aliphatic rings. The van der Waals surface area contributed by atoms with Crippen LogP contribution in [0, 0.1) is 58.4 Å². The highest BCUT2D eigenvalue weighted by atomic mass is 19.2. The lowest BCUT2D eigenvalue weighted by atomic mass is 9.93. The SMILES string of the molecule is Fc1[c]c2cc(-c3c(F)c(F)c(F)c4c(F)cccc34)c(F)c(F)c2c(F)c1F. The molecular formula is C20H4F9. The zero-order chi connectivity index (χ0) is 21.2. The van der Waals surface area contributed by atoms with Crippen LogP contribution in [-0.4, -0.2) is 0 Å². The molecule has 0 heterocycles. The van der Waals surface area contributed by atoms with E-state index in [1.807, 2.05) is 0 Å². The molecule has 0 N–H and O–H groups in total. The fourth-order valence-corrected chi connectivity index (χ4v) is 3.15. The van der Waals surface area contributed by atoms with Gasteiger partial charge in [-0.25, -0.2) is 39.5 Å². The first-order valence-corrected chi connectivity index (χ1v) is 7.77. The van der Waals surface area contributed by atoms with Crippen LogP contribution in [0.25, 0.3) is 32.7 Å². The normalized spacial score (nSPS) is 11.6. The smallest absolute Gasteiger partial charge is 0.195 e. The Kier molecular flexibility index (Phi) is 4.21. The topological polar surface area (TPSA) is 0 Å². The number of hydrogen-bond acceptors (Lipinski definition) is 0. The zero-order valence-electron chi connectivity index (χ0n) is 13.7. The molecule has 0 bridgehead atoms. The summed E-state index contributed by atoms with van der Waals surface area (Å²) >= 11 is 0. The summed E-state index contributed by atoms with van der Waals surface area (Å²) in [5.41, 5.74) is -2.18. The van der Waals surface area contributed by atoms with Crippen molar-refractivity contribution in [1.82, 2.24) is 0 Å². The average Bonchev–Trinajstić information content (AvgIpc) is 2.68. The zero-order valence-corrected chi connectivity index (χ0v) is 13.7. The van der Waals surface area contributed by atoms with Crippen molar-refractivity contribution in [3.8, 4) is 11.1 Å². The van der Waals surface area contributed by atoms with Crippen LogP contribution in [0.4, 0.5) is 39.5 Å². The van der Waals surface area contributed by atoms with E-state index in [1.165, 1.54) is 0 Å². The van der Waals surface area contributed by atoms with Crippen molar-refractivity contribution in [1.29, 1.82) is 0 Å². The lowest BCUT2D eigenvalue weighted by Gasteiger charge is -2.14. The quantitative estimate of drug-likeness (QED) is 0.239. The van der Waals surface area contributed by atoms with E-state index in [9.17, 15) is 39.5 Å². The van der Waals surface area contributed by atoms with Crippen molar-refractivity contribution < 1.29 is 39.5 Å². The summed E-state index contributed by atoms with van der Waals surface area (Å²) in [5.74, 6) is -17.4. The third-order valence-corrected chi connectivity index (χ3v) is 4.43. The lowest BCUT2D eigenvalue weighted by Crippen LogP contribution is -2.03. The van der Waals surface area contributed by atoms with E-state index in [0.29, 0.717) is 6.07 Å². The van der Waals surface area contributed by atoms with Gasteiger partial charge < -0.3 is 0 Å². The molecule has 0 aromatic heterocycles. The second-order valence-electron chi connectivity index (χ2n) is 6.02. The van der Waals surface area contributed by atoms with Crippen LogP contribution >= 0.6 is 0 Å². The molecule has 0 amide bonds. The van der Waals surface area contributed by atoms with E-state index in [1.54, 1.807) is 6.07 Å². The maximum absolute atomic E-state index is 14.6. The van der Waals surface area contributed by atoms with Gasteiger partial charge in [0.05, 0.1) is 10.8 Å². The molecule has 0 aliphatic carbocycles. The van der Waals surface area contributed by atoms with Gasteiger partial charge in [-0.15, -0.1) is 0 Å². The van der Waals surface area contributed by atoms with Crippen LogP contribution in [0.1, 0.15) is 0 Å². The van der Waals surface area contributed by atoms with E-state index in [2.05, 4.69) is 0 Å². The molecule has 0 unspecified atom stereocenters. The van der Waals surface area contributed by atoms with E-state index in [4.69, 9.17) is 0 Å². The molecule has 4 aromatic carbocycles. The summed E-state index contributed by atoms with van der Waals surface area (Å²) in [6.07, 6.45) is 0. The molecule has 0 fully saturated rings. The van der Waals surface area contributed by atoms with Crippen molar-refractivity contribution in [2.24, 2.45) is 0 Å². The minimum Gasteiger partial charge on any atom is -0.206 e. The largest absolute Gasteiger partial charge is 0.206 e. The third kappa shape index (κ3) is 2.56. The van der Waals surface area contributed by atoms with Crippen LogP contribution in [0.15, 0.2) is 24.3 Å². The maximum atomic E-state index is 14.6. The number of benzene rings is 4. The first-order valence-electron chi connectivity index (χ1n) is 7.77. The molecule has 9 heteroatoms. The van der Waals surface area contributed by atoms with Crippen molar-refractivity contribution in [2.75, 3.05) is 0 Å². The van der Waals surface area contributed by atoms with Gasteiger partial charge in [0.25, 0.3) is 0 Å². The number of halogens is 9. The molecule has 0 spiro atoms. The highest BCUT2D eigenvalue weighted by Gasteiger charge is 2.28. The van der Waals surface area contributed by atoms with E-state index in [-0.39, 0.29) is 0 Å². The fourth-order valence-electron chi connectivity index (χ4n) is 3.15. The standard InChI is InChI=1S/C20H4F9/c21-9-3-1-2-7-12(18(27)20(29)19(28)13(7)9)8-4-6-5-10(22)15(24)17(26)11(6)16(25)14(8)23/h1-4H. The highest BCUT2D eigenvalue weighted by Crippen LogP contribution is 2.40. The summed E-state index contributed by atoms with van der Waals surface area (Å²) in [6.45, 7) is 0. The monoisotopic (exact) mass is 415 g/mol. The fraction of sp³-hybridized carbons (Fsp3) is 0. The molecule has 1 radical (unpaired) electrons. The summed E-state index contributed by atoms with van der Waals surface area (Å²) in [6, 6.07) is 4.72. The van der Waals surface area contributed by atoms with Crippen molar-refractivity contribution in [3.63, 3.8) is 0 Å². The van der Waals surface area contributed by atoms with Crippen LogP contribution < -0.4 is 0 Å². The average molecular weight is 415 g/mol. The van der Waals surface area contributed by atoms with Crippen LogP contribution in [0.2, 0.25) is 0 Å². The van der Waals surface area contributed by atoms with E-state index >= 15 is 0 Å². The Balaban J connectivity index is 2.22. The van der Waals surface area contributed by atoms with Gasteiger partial charge in [-0.05, 0) is 22.9 Å². The van der Waals surface area contributed by atoms with Gasteiger partial charge in [-0.1, -0.05) is 12.1 Å². The van der Waals surface area contributed by atoms with Crippen molar-refractivity contribution >= 4 is 21.5 Å².